The molecule has 0 amide bonds. The Morgan fingerprint density at radius 1 is 1.12 bits per heavy atom. The van der Waals surface area contributed by atoms with Crippen LogP contribution >= 0.6 is 0 Å². The van der Waals surface area contributed by atoms with Crippen molar-refractivity contribution in [3.8, 4) is 11.5 Å². The normalized spacial score (nSPS) is 17.2. The van der Waals surface area contributed by atoms with Crippen molar-refractivity contribution >= 4 is 0 Å². The lowest BCUT2D eigenvalue weighted by Crippen LogP contribution is -2.04. The van der Waals surface area contributed by atoms with Gasteiger partial charge in [0, 0.05) is 6.20 Å². The first-order valence-electron chi connectivity index (χ1n) is 6.13. The van der Waals surface area contributed by atoms with E-state index in [1.807, 2.05) is 12.3 Å². The van der Waals surface area contributed by atoms with Crippen LogP contribution in [0.1, 0.15) is 43.6 Å². The van der Waals surface area contributed by atoms with E-state index >= 15 is 0 Å². The third-order valence-electron chi connectivity index (χ3n) is 3.44. The molecule has 3 rings (SSSR count). The van der Waals surface area contributed by atoms with E-state index in [9.17, 15) is 0 Å². The lowest BCUT2D eigenvalue weighted by molar-refractivity contribution is 0.443. The first-order chi connectivity index (χ1) is 8.43. The van der Waals surface area contributed by atoms with Crippen molar-refractivity contribution in [2.75, 3.05) is 0 Å². The predicted molar refractivity (Wildman–Crippen MR) is 63.2 cm³/mol. The molecule has 0 spiro atoms. The number of tetrazole rings is 1. The molecule has 2 aromatic heterocycles. The molecule has 0 radical (unpaired) electrons. The second-order valence-electron chi connectivity index (χ2n) is 4.55. The van der Waals surface area contributed by atoms with Crippen LogP contribution in [0.15, 0.2) is 18.3 Å². The number of aromatic amines is 1. The molecule has 17 heavy (non-hydrogen) atoms. The highest BCUT2D eigenvalue weighted by molar-refractivity contribution is 5.47. The molecule has 1 N–H and O–H groups in total. The van der Waals surface area contributed by atoms with Crippen LogP contribution in [-0.4, -0.2) is 25.6 Å². The molecule has 1 aliphatic rings. The molecule has 1 saturated carbocycles. The van der Waals surface area contributed by atoms with Crippen LogP contribution in [0.2, 0.25) is 0 Å². The summed E-state index contributed by atoms with van der Waals surface area (Å²) in [5.41, 5.74) is 2.12. The average Bonchev–Trinajstić information content (AvgIpc) is 2.94. The second-order valence-corrected chi connectivity index (χ2v) is 4.55. The Kier molecular flexibility index (Phi) is 2.81. The van der Waals surface area contributed by atoms with Gasteiger partial charge in [-0.05, 0) is 35.6 Å². The molecule has 5 nitrogen and oxygen atoms in total. The number of rotatable bonds is 2. The van der Waals surface area contributed by atoms with E-state index in [1.54, 1.807) is 0 Å². The molecule has 5 heteroatoms. The summed E-state index contributed by atoms with van der Waals surface area (Å²) in [5.74, 6) is 1.25. The molecule has 0 saturated heterocycles. The van der Waals surface area contributed by atoms with Crippen LogP contribution in [0.25, 0.3) is 11.5 Å². The molecule has 1 fully saturated rings. The van der Waals surface area contributed by atoms with Gasteiger partial charge >= 0.3 is 0 Å². The van der Waals surface area contributed by atoms with Gasteiger partial charge in [-0.2, -0.15) is 5.21 Å². The van der Waals surface area contributed by atoms with Gasteiger partial charge in [0.25, 0.3) is 0 Å². The van der Waals surface area contributed by atoms with Gasteiger partial charge in [-0.3, -0.25) is 4.98 Å². The molecule has 0 bridgehead atoms. The van der Waals surface area contributed by atoms with Gasteiger partial charge in [0.15, 0.2) is 0 Å². The molecule has 2 aromatic rings. The highest BCUT2D eigenvalue weighted by Crippen LogP contribution is 2.32. The van der Waals surface area contributed by atoms with Crippen LogP contribution in [0.3, 0.4) is 0 Å². The molecule has 88 valence electrons. The number of aromatic nitrogens is 5. The second kappa shape index (κ2) is 4.61. The fourth-order valence-electron chi connectivity index (χ4n) is 2.49. The van der Waals surface area contributed by atoms with Gasteiger partial charge in [0.1, 0.15) is 5.69 Å². The van der Waals surface area contributed by atoms with E-state index in [4.69, 9.17) is 0 Å². The molecule has 0 unspecified atom stereocenters. The summed E-state index contributed by atoms with van der Waals surface area (Å²) in [7, 11) is 0. The van der Waals surface area contributed by atoms with Crippen molar-refractivity contribution in [3.63, 3.8) is 0 Å². The number of nitrogens with one attached hydrogen (secondary N) is 1. The van der Waals surface area contributed by atoms with E-state index < -0.39 is 0 Å². The Hall–Kier alpha value is -1.78. The van der Waals surface area contributed by atoms with E-state index in [0.717, 1.165) is 5.69 Å². The third-order valence-corrected chi connectivity index (χ3v) is 3.44. The van der Waals surface area contributed by atoms with Crippen molar-refractivity contribution in [2.45, 2.75) is 38.0 Å². The van der Waals surface area contributed by atoms with Crippen molar-refractivity contribution in [3.05, 3.63) is 23.9 Å². The monoisotopic (exact) mass is 229 g/mol. The Morgan fingerprint density at radius 3 is 2.65 bits per heavy atom. The SMILES string of the molecule is c1cc(-c2nn[nH]n2)ncc1C1CCCCC1. The van der Waals surface area contributed by atoms with Gasteiger partial charge in [0.05, 0.1) is 0 Å². The number of pyridine rings is 1. The van der Waals surface area contributed by atoms with E-state index in [2.05, 4.69) is 31.7 Å². The van der Waals surface area contributed by atoms with Crippen molar-refractivity contribution in [1.29, 1.82) is 0 Å². The van der Waals surface area contributed by atoms with Crippen molar-refractivity contribution < 1.29 is 0 Å². The topological polar surface area (TPSA) is 67.3 Å². The summed E-state index contributed by atoms with van der Waals surface area (Å²) in [6, 6.07) is 4.13. The number of H-pyrrole nitrogens is 1. The van der Waals surface area contributed by atoms with Gasteiger partial charge in [-0.1, -0.05) is 25.3 Å². The zero-order valence-corrected chi connectivity index (χ0v) is 9.63. The molecule has 1 aliphatic carbocycles. The fraction of sp³-hybridized carbons (Fsp3) is 0.500. The number of hydrogen-bond acceptors (Lipinski definition) is 4. The molecule has 0 atom stereocenters. The molecule has 0 aromatic carbocycles. The standard InChI is InChI=1S/C12H15N5/c1-2-4-9(5-3-1)10-6-7-11(13-8-10)12-14-16-17-15-12/h6-9H,1-5H2,(H,14,15,16,17). The summed E-state index contributed by atoms with van der Waals surface area (Å²) in [4.78, 5) is 4.41. The zero-order chi connectivity index (χ0) is 11.5. The largest absolute Gasteiger partial charge is 0.252 e. The van der Waals surface area contributed by atoms with E-state index in [-0.39, 0.29) is 0 Å². The molecular weight excluding hydrogens is 214 g/mol. The van der Waals surface area contributed by atoms with E-state index in [0.29, 0.717) is 11.7 Å². The molecule has 0 aliphatic heterocycles. The first-order valence-corrected chi connectivity index (χ1v) is 6.13. The van der Waals surface area contributed by atoms with Crippen LogP contribution in [0, 0.1) is 0 Å². The van der Waals surface area contributed by atoms with E-state index in [1.165, 1.54) is 37.7 Å². The summed E-state index contributed by atoms with van der Waals surface area (Å²) in [6.07, 6.45) is 8.62. The molecule has 2 heterocycles. The van der Waals surface area contributed by atoms with Crippen LogP contribution in [0.5, 0.6) is 0 Å². The number of hydrogen-bond donors (Lipinski definition) is 1. The fourth-order valence-corrected chi connectivity index (χ4v) is 2.49. The summed E-state index contributed by atoms with van der Waals surface area (Å²) >= 11 is 0. The smallest absolute Gasteiger partial charge is 0.222 e. The maximum atomic E-state index is 4.41. The van der Waals surface area contributed by atoms with Crippen LogP contribution in [0.4, 0.5) is 0 Å². The number of nitrogens with zero attached hydrogens (tertiary/aromatic N) is 4. The lowest BCUT2D eigenvalue weighted by atomic mass is 9.85. The highest BCUT2D eigenvalue weighted by Gasteiger charge is 2.16. The Labute approximate surface area is 99.7 Å². The van der Waals surface area contributed by atoms with Crippen LogP contribution < -0.4 is 0 Å². The van der Waals surface area contributed by atoms with Crippen molar-refractivity contribution in [2.24, 2.45) is 0 Å². The highest BCUT2D eigenvalue weighted by atomic mass is 15.5. The maximum Gasteiger partial charge on any atom is 0.222 e. The average molecular weight is 229 g/mol. The summed E-state index contributed by atoms with van der Waals surface area (Å²) in [6.45, 7) is 0. The van der Waals surface area contributed by atoms with Gasteiger partial charge in [-0.15, -0.1) is 10.2 Å². The Balaban J connectivity index is 1.80. The quantitative estimate of drug-likeness (QED) is 0.858. The first kappa shape index (κ1) is 10.4. The summed E-state index contributed by atoms with van der Waals surface area (Å²) in [5, 5.41) is 13.8. The minimum absolute atomic E-state index is 0.556. The third kappa shape index (κ3) is 2.18. The van der Waals surface area contributed by atoms with Gasteiger partial charge in [0.2, 0.25) is 5.82 Å². The minimum Gasteiger partial charge on any atom is -0.252 e. The van der Waals surface area contributed by atoms with Crippen molar-refractivity contribution in [1.82, 2.24) is 25.6 Å². The lowest BCUT2D eigenvalue weighted by Gasteiger charge is -2.21. The Bertz CT molecular complexity index is 456. The molecular formula is C12H15N5. The predicted octanol–water partition coefficient (Wildman–Crippen LogP) is 2.31. The minimum atomic E-state index is 0.556. The Morgan fingerprint density at radius 2 is 2.00 bits per heavy atom. The zero-order valence-electron chi connectivity index (χ0n) is 9.63. The van der Waals surface area contributed by atoms with Gasteiger partial charge < -0.3 is 0 Å². The van der Waals surface area contributed by atoms with Gasteiger partial charge in [-0.25, -0.2) is 0 Å². The van der Waals surface area contributed by atoms with Crippen LogP contribution in [-0.2, 0) is 0 Å². The maximum absolute atomic E-state index is 4.41. The summed E-state index contributed by atoms with van der Waals surface area (Å²) < 4.78 is 0.